The molecule has 2 heterocycles. The molecule has 0 aromatic heterocycles. The Bertz CT molecular complexity index is 1330. The van der Waals surface area contributed by atoms with Crippen LogP contribution in [0.15, 0.2) is 24.3 Å². The summed E-state index contributed by atoms with van der Waals surface area (Å²) in [6.07, 6.45) is 39.6. The Hall–Kier alpha value is -1.53. The molecule has 0 bridgehead atoms. The molecule has 2 rings (SSSR count). The summed E-state index contributed by atoms with van der Waals surface area (Å²) < 4.78 is 34.4. The predicted octanol–water partition coefficient (Wildman–Crippen LogP) is 11.5. The number of hydrogen-bond donors (Lipinski definition) is 7. The fourth-order valence-corrected chi connectivity index (χ4v) is 9.92. The van der Waals surface area contributed by atoms with E-state index in [1.54, 1.807) is 0 Å². The van der Waals surface area contributed by atoms with Gasteiger partial charge < -0.3 is 64.2 Å². The van der Waals surface area contributed by atoms with Crippen molar-refractivity contribution in [2.45, 2.75) is 325 Å². The van der Waals surface area contributed by atoms with Crippen LogP contribution in [0.2, 0.25) is 0 Å². The molecule has 0 amide bonds. The zero-order valence-corrected chi connectivity index (χ0v) is 47.6. The van der Waals surface area contributed by atoms with Crippen LogP contribution in [0.25, 0.3) is 0 Å². The molecule has 14 nitrogen and oxygen atoms in total. The SMILES string of the molecule is CCCCCCCC/C=C\CCCCCCCC(=O)OC(COCCCCCCCCCCCCCCCC/C=C\CCCCCCCCCC)COC1OC(COC2OC(CO)C(O)C(O)C2O)C(O)C(O)C1O. The highest BCUT2D eigenvalue weighted by Gasteiger charge is 2.47. The van der Waals surface area contributed by atoms with Crippen molar-refractivity contribution in [2.24, 2.45) is 0 Å². The number of rotatable bonds is 51. The lowest BCUT2D eigenvalue weighted by molar-refractivity contribution is -0.332. The first-order valence-electron chi connectivity index (χ1n) is 30.9. The van der Waals surface area contributed by atoms with Crippen LogP contribution in [0, 0.1) is 0 Å². The van der Waals surface area contributed by atoms with E-state index in [0.717, 1.165) is 57.8 Å². The van der Waals surface area contributed by atoms with Gasteiger partial charge in [-0.2, -0.15) is 0 Å². The molecule has 14 heteroatoms. The largest absolute Gasteiger partial charge is 0.457 e. The number of allylic oxidation sites excluding steroid dienone is 4. The van der Waals surface area contributed by atoms with E-state index in [1.807, 2.05) is 0 Å². The highest BCUT2D eigenvalue weighted by Crippen LogP contribution is 2.27. The highest BCUT2D eigenvalue weighted by molar-refractivity contribution is 5.69. The van der Waals surface area contributed by atoms with Crippen LogP contribution in [-0.2, 0) is 33.2 Å². The Morgan fingerprint density at radius 1 is 0.427 bits per heavy atom. The second kappa shape index (κ2) is 48.4. The summed E-state index contributed by atoms with van der Waals surface area (Å²) in [6, 6.07) is 0. The number of unbranched alkanes of at least 4 members (excludes halogenated alkanes) is 33. The zero-order valence-electron chi connectivity index (χ0n) is 47.6. The molecule has 11 unspecified atom stereocenters. The summed E-state index contributed by atoms with van der Waals surface area (Å²) in [4.78, 5) is 13.1. The first-order chi connectivity index (χ1) is 36.6. The molecule has 11 atom stereocenters. The van der Waals surface area contributed by atoms with E-state index >= 15 is 0 Å². The van der Waals surface area contributed by atoms with Gasteiger partial charge in [-0.3, -0.25) is 4.79 Å². The fourth-order valence-electron chi connectivity index (χ4n) is 9.92. The van der Waals surface area contributed by atoms with Gasteiger partial charge in [-0.25, -0.2) is 0 Å². The van der Waals surface area contributed by atoms with E-state index in [1.165, 1.54) is 173 Å². The van der Waals surface area contributed by atoms with Crippen LogP contribution in [0.4, 0.5) is 0 Å². The lowest BCUT2D eigenvalue weighted by Gasteiger charge is -2.42. The third-order valence-corrected chi connectivity index (χ3v) is 14.9. The minimum absolute atomic E-state index is 0.0620. The minimum atomic E-state index is -1.71. The van der Waals surface area contributed by atoms with Gasteiger partial charge in [0, 0.05) is 13.0 Å². The van der Waals surface area contributed by atoms with E-state index in [4.69, 9.17) is 28.4 Å². The zero-order chi connectivity index (χ0) is 54.4. The Balaban J connectivity index is 1.66. The van der Waals surface area contributed by atoms with Gasteiger partial charge in [-0.15, -0.1) is 0 Å². The summed E-state index contributed by atoms with van der Waals surface area (Å²) in [7, 11) is 0. The Labute approximate surface area is 456 Å². The highest BCUT2D eigenvalue weighted by atomic mass is 16.7. The second-order valence-electron chi connectivity index (χ2n) is 21.9. The molecule has 2 saturated heterocycles. The number of aliphatic hydroxyl groups excluding tert-OH is 7. The average Bonchev–Trinajstić information content (AvgIpc) is 3.41. The predicted molar refractivity (Wildman–Crippen MR) is 298 cm³/mol. The van der Waals surface area contributed by atoms with Crippen molar-refractivity contribution < 1.29 is 69.0 Å². The van der Waals surface area contributed by atoms with E-state index in [0.29, 0.717) is 13.0 Å². The van der Waals surface area contributed by atoms with Gasteiger partial charge in [-0.1, -0.05) is 212 Å². The molecular weight excluding hydrogens is 957 g/mol. The molecule has 7 N–H and O–H groups in total. The first-order valence-corrected chi connectivity index (χ1v) is 30.9. The molecular formula is C61H114O14. The number of ether oxygens (including phenoxy) is 6. The fraction of sp³-hybridized carbons (Fsp3) is 0.918. The Kier molecular flexibility index (Phi) is 44.9. The number of carbonyl (C=O) groups is 1. The summed E-state index contributed by atoms with van der Waals surface area (Å²) in [5.41, 5.74) is 0. The third-order valence-electron chi connectivity index (χ3n) is 14.9. The van der Waals surface area contributed by atoms with Crippen LogP contribution in [0.5, 0.6) is 0 Å². The molecule has 0 radical (unpaired) electrons. The number of aliphatic hydroxyl groups is 7. The maximum atomic E-state index is 13.1. The number of hydrogen-bond acceptors (Lipinski definition) is 14. The van der Waals surface area contributed by atoms with E-state index < -0.39 is 80.7 Å². The van der Waals surface area contributed by atoms with E-state index in [9.17, 15) is 40.5 Å². The quantitative estimate of drug-likeness (QED) is 0.0172. The van der Waals surface area contributed by atoms with Crippen LogP contribution in [0.1, 0.15) is 258 Å². The first kappa shape index (κ1) is 69.6. The van der Waals surface area contributed by atoms with Crippen molar-refractivity contribution >= 4 is 5.97 Å². The monoisotopic (exact) mass is 1070 g/mol. The number of esters is 1. The maximum Gasteiger partial charge on any atom is 0.306 e. The third kappa shape index (κ3) is 35.0. The topological polar surface area (TPSA) is 214 Å². The molecule has 442 valence electrons. The summed E-state index contributed by atoms with van der Waals surface area (Å²) in [5.74, 6) is -0.380. The lowest BCUT2D eigenvalue weighted by atomic mass is 9.98. The van der Waals surface area contributed by atoms with E-state index in [-0.39, 0.29) is 25.6 Å². The van der Waals surface area contributed by atoms with Gasteiger partial charge in [0.1, 0.15) is 54.9 Å². The standard InChI is InChI=1S/C61H114O14/c1-3-5-7-9-11-13-15-17-19-20-21-22-23-24-25-26-27-28-29-31-33-35-37-39-41-43-45-70-47-50(73-53(63)44-42-40-38-36-34-32-30-18-16-14-12-10-8-6-4-2)48-71-60-59(69)57(67)55(65)52(75-60)49-72-61-58(68)56(66)54(64)51(46-62)74-61/h18,20-21,30,50-52,54-62,64-69H,3-17,19,22-29,31-49H2,1-2H3/b21-20-,30-18-. The van der Waals surface area contributed by atoms with Gasteiger partial charge in [-0.05, 0) is 64.2 Å². The van der Waals surface area contributed by atoms with Crippen molar-refractivity contribution in [1.29, 1.82) is 0 Å². The smallest absolute Gasteiger partial charge is 0.306 e. The minimum Gasteiger partial charge on any atom is -0.457 e. The van der Waals surface area contributed by atoms with Gasteiger partial charge in [0.15, 0.2) is 12.6 Å². The maximum absolute atomic E-state index is 13.1. The average molecular weight is 1070 g/mol. The summed E-state index contributed by atoms with van der Waals surface area (Å²) in [6.45, 7) is 3.72. The number of carbonyl (C=O) groups excluding carboxylic acids is 1. The van der Waals surface area contributed by atoms with Crippen molar-refractivity contribution in [1.82, 2.24) is 0 Å². The second-order valence-corrected chi connectivity index (χ2v) is 21.9. The molecule has 0 aliphatic carbocycles. The molecule has 75 heavy (non-hydrogen) atoms. The van der Waals surface area contributed by atoms with Crippen LogP contribution in [0.3, 0.4) is 0 Å². The molecule has 0 spiro atoms. The molecule has 2 aliphatic rings. The van der Waals surface area contributed by atoms with Gasteiger partial charge in [0.25, 0.3) is 0 Å². The van der Waals surface area contributed by atoms with E-state index in [2.05, 4.69) is 38.2 Å². The van der Waals surface area contributed by atoms with Gasteiger partial charge in [0.2, 0.25) is 0 Å². The summed E-state index contributed by atoms with van der Waals surface area (Å²) >= 11 is 0. The molecule has 2 aliphatic heterocycles. The molecule has 2 fully saturated rings. The van der Waals surface area contributed by atoms with Crippen molar-refractivity contribution in [3.8, 4) is 0 Å². The lowest BCUT2D eigenvalue weighted by Crippen LogP contribution is -2.61. The Morgan fingerprint density at radius 2 is 0.787 bits per heavy atom. The van der Waals surface area contributed by atoms with Crippen molar-refractivity contribution in [2.75, 3.05) is 33.0 Å². The van der Waals surface area contributed by atoms with Gasteiger partial charge in [0.05, 0.1) is 26.4 Å². The van der Waals surface area contributed by atoms with Crippen molar-refractivity contribution in [3.63, 3.8) is 0 Å². The van der Waals surface area contributed by atoms with Crippen LogP contribution in [-0.4, -0.2) is 142 Å². The molecule has 0 aromatic carbocycles. The summed E-state index contributed by atoms with van der Waals surface area (Å²) in [5, 5.41) is 72.4. The van der Waals surface area contributed by atoms with Crippen LogP contribution < -0.4 is 0 Å². The Morgan fingerprint density at radius 3 is 1.21 bits per heavy atom. The van der Waals surface area contributed by atoms with Crippen LogP contribution >= 0.6 is 0 Å². The van der Waals surface area contributed by atoms with Gasteiger partial charge >= 0.3 is 5.97 Å². The normalized spacial score (nSPS) is 24.7. The van der Waals surface area contributed by atoms with Crippen molar-refractivity contribution in [3.05, 3.63) is 24.3 Å². The molecule has 0 aromatic rings. The molecule has 0 saturated carbocycles.